The highest BCUT2D eigenvalue weighted by Gasteiger charge is 2.34. The smallest absolute Gasteiger partial charge is 0.114 e. The minimum Gasteiger partial charge on any atom is -0.325 e. The monoisotopic (exact) mass is 241 g/mol. The lowest BCUT2D eigenvalue weighted by atomic mass is 10.0. The van der Waals surface area contributed by atoms with E-state index in [-0.39, 0.29) is 0 Å². The summed E-state index contributed by atoms with van der Waals surface area (Å²) in [7, 11) is 0. The molecular formula is C15H19N3. The number of imidazole rings is 1. The van der Waals surface area contributed by atoms with Gasteiger partial charge in [0.05, 0.1) is 11.0 Å². The number of aromatic nitrogens is 2. The van der Waals surface area contributed by atoms with Crippen LogP contribution in [-0.2, 0) is 0 Å². The Labute approximate surface area is 107 Å². The van der Waals surface area contributed by atoms with E-state index in [0.717, 1.165) is 6.54 Å². The SMILES string of the molecule is CC1NCCC1c1nc2ccccc2n1C1CC1. The Morgan fingerprint density at radius 3 is 2.78 bits per heavy atom. The lowest BCUT2D eigenvalue weighted by molar-refractivity contribution is 0.538. The highest BCUT2D eigenvalue weighted by Crippen LogP contribution is 2.41. The predicted molar refractivity (Wildman–Crippen MR) is 72.8 cm³/mol. The highest BCUT2D eigenvalue weighted by atomic mass is 15.1. The van der Waals surface area contributed by atoms with Crippen molar-refractivity contribution in [2.75, 3.05) is 6.54 Å². The van der Waals surface area contributed by atoms with E-state index in [2.05, 4.69) is 41.1 Å². The Balaban J connectivity index is 1.90. The van der Waals surface area contributed by atoms with E-state index in [9.17, 15) is 0 Å². The van der Waals surface area contributed by atoms with Crippen LogP contribution in [0.25, 0.3) is 11.0 Å². The summed E-state index contributed by atoms with van der Waals surface area (Å²) in [5, 5.41) is 3.55. The lowest BCUT2D eigenvalue weighted by Gasteiger charge is -2.16. The molecule has 2 atom stereocenters. The molecule has 2 unspecified atom stereocenters. The first-order valence-corrected chi connectivity index (χ1v) is 7.05. The maximum absolute atomic E-state index is 4.93. The van der Waals surface area contributed by atoms with E-state index < -0.39 is 0 Å². The summed E-state index contributed by atoms with van der Waals surface area (Å²) in [5.41, 5.74) is 2.49. The van der Waals surface area contributed by atoms with Gasteiger partial charge in [0.25, 0.3) is 0 Å². The first kappa shape index (κ1) is 10.6. The molecule has 0 bridgehead atoms. The second-order valence-corrected chi connectivity index (χ2v) is 5.70. The molecule has 3 nitrogen and oxygen atoms in total. The van der Waals surface area contributed by atoms with Gasteiger partial charge in [-0.1, -0.05) is 12.1 Å². The first-order chi connectivity index (χ1) is 8.84. The number of benzene rings is 1. The first-order valence-electron chi connectivity index (χ1n) is 7.05. The largest absolute Gasteiger partial charge is 0.325 e. The lowest BCUT2D eigenvalue weighted by Crippen LogP contribution is -2.23. The molecule has 1 aromatic heterocycles. The van der Waals surface area contributed by atoms with Crippen molar-refractivity contribution in [1.29, 1.82) is 0 Å². The fourth-order valence-corrected chi connectivity index (χ4v) is 3.25. The van der Waals surface area contributed by atoms with Crippen molar-refractivity contribution in [2.24, 2.45) is 0 Å². The number of nitrogens with one attached hydrogen (secondary N) is 1. The van der Waals surface area contributed by atoms with Crippen LogP contribution in [0.4, 0.5) is 0 Å². The van der Waals surface area contributed by atoms with E-state index >= 15 is 0 Å². The minimum absolute atomic E-state index is 0.555. The van der Waals surface area contributed by atoms with Crippen LogP contribution in [-0.4, -0.2) is 22.1 Å². The van der Waals surface area contributed by atoms with E-state index in [1.54, 1.807) is 0 Å². The summed E-state index contributed by atoms with van der Waals surface area (Å²) in [6.45, 7) is 3.41. The summed E-state index contributed by atoms with van der Waals surface area (Å²) >= 11 is 0. The average Bonchev–Trinajstić information content (AvgIpc) is 3.01. The minimum atomic E-state index is 0.555. The number of hydrogen-bond acceptors (Lipinski definition) is 2. The Morgan fingerprint density at radius 1 is 1.22 bits per heavy atom. The quantitative estimate of drug-likeness (QED) is 0.876. The molecule has 0 spiro atoms. The van der Waals surface area contributed by atoms with Gasteiger partial charge in [-0.15, -0.1) is 0 Å². The summed E-state index contributed by atoms with van der Waals surface area (Å²) in [4.78, 5) is 4.93. The van der Waals surface area contributed by atoms with Crippen LogP contribution in [0.15, 0.2) is 24.3 Å². The van der Waals surface area contributed by atoms with Crippen molar-refractivity contribution in [2.45, 2.75) is 44.2 Å². The van der Waals surface area contributed by atoms with Crippen LogP contribution in [0.3, 0.4) is 0 Å². The molecule has 1 saturated carbocycles. The summed E-state index contributed by atoms with van der Waals surface area (Å²) in [6, 6.07) is 9.84. The molecule has 1 aromatic carbocycles. The Hall–Kier alpha value is -1.35. The van der Waals surface area contributed by atoms with Crippen molar-refractivity contribution in [3.8, 4) is 0 Å². The van der Waals surface area contributed by atoms with Gasteiger partial charge in [0, 0.05) is 18.0 Å². The van der Waals surface area contributed by atoms with Crippen LogP contribution in [0, 0.1) is 0 Å². The van der Waals surface area contributed by atoms with E-state index in [4.69, 9.17) is 4.98 Å². The molecule has 2 aliphatic rings. The Bertz CT molecular complexity index is 582. The third kappa shape index (κ3) is 1.50. The zero-order valence-corrected chi connectivity index (χ0v) is 10.8. The van der Waals surface area contributed by atoms with Gasteiger partial charge in [-0.05, 0) is 44.9 Å². The van der Waals surface area contributed by atoms with Crippen molar-refractivity contribution in [3.63, 3.8) is 0 Å². The second kappa shape index (κ2) is 3.82. The molecule has 0 amide bonds. The topological polar surface area (TPSA) is 29.9 Å². The fourth-order valence-electron chi connectivity index (χ4n) is 3.25. The van der Waals surface area contributed by atoms with Crippen molar-refractivity contribution in [1.82, 2.24) is 14.9 Å². The molecule has 1 N–H and O–H groups in total. The maximum Gasteiger partial charge on any atom is 0.114 e. The molecular weight excluding hydrogens is 222 g/mol. The van der Waals surface area contributed by atoms with Gasteiger partial charge in [0.1, 0.15) is 5.82 Å². The number of rotatable bonds is 2. The molecule has 4 rings (SSSR count). The molecule has 2 heterocycles. The average molecular weight is 241 g/mol. The third-order valence-electron chi connectivity index (χ3n) is 4.39. The van der Waals surface area contributed by atoms with Crippen LogP contribution in [0.1, 0.15) is 44.0 Å². The van der Waals surface area contributed by atoms with Gasteiger partial charge in [-0.3, -0.25) is 0 Å². The molecule has 94 valence electrons. The van der Waals surface area contributed by atoms with E-state index in [1.165, 1.54) is 36.1 Å². The molecule has 2 fully saturated rings. The zero-order valence-electron chi connectivity index (χ0n) is 10.8. The Kier molecular flexibility index (Phi) is 2.24. The normalized spacial score (nSPS) is 28.1. The molecule has 0 radical (unpaired) electrons. The van der Waals surface area contributed by atoms with Gasteiger partial charge in [0.2, 0.25) is 0 Å². The third-order valence-corrected chi connectivity index (χ3v) is 4.39. The van der Waals surface area contributed by atoms with Crippen molar-refractivity contribution < 1.29 is 0 Å². The van der Waals surface area contributed by atoms with Crippen LogP contribution in [0.5, 0.6) is 0 Å². The van der Waals surface area contributed by atoms with Gasteiger partial charge in [-0.2, -0.15) is 0 Å². The maximum atomic E-state index is 4.93. The second-order valence-electron chi connectivity index (χ2n) is 5.70. The molecule has 1 aliphatic heterocycles. The number of hydrogen-bond donors (Lipinski definition) is 1. The molecule has 2 aromatic rings. The summed E-state index contributed by atoms with van der Waals surface area (Å²) < 4.78 is 2.52. The number of fused-ring (bicyclic) bond motifs is 1. The predicted octanol–water partition coefficient (Wildman–Crippen LogP) is 2.84. The Morgan fingerprint density at radius 2 is 2.06 bits per heavy atom. The van der Waals surface area contributed by atoms with Crippen LogP contribution in [0.2, 0.25) is 0 Å². The van der Waals surface area contributed by atoms with Gasteiger partial charge < -0.3 is 9.88 Å². The zero-order chi connectivity index (χ0) is 12.1. The van der Waals surface area contributed by atoms with Crippen molar-refractivity contribution >= 4 is 11.0 Å². The van der Waals surface area contributed by atoms with Crippen LogP contribution < -0.4 is 5.32 Å². The molecule has 1 saturated heterocycles. The number of para-hydroxylation sites is 2. The number of nitrogens with zero attached hydrogens (tertiary/aromatic N) is 2. The standard InChI is InChI=1S/C15H19N3/c1-10-12(8-9-16-10)15-17-13-4-2-3-5-14(13)18(15)11-6-7-11/h2-5,10-12,16H,6-9H2,1H3. The summed E-state index contributed by atoms with van der Waals surface area (Å²) in [6.07, 6.45) is 3.86. The molecule has 18 heavy (non-hydrogen) atoms. The van der Waals surface area contributed by atoms with E-state index in [0.29, 0.717) is 18.0 Å². The van der Waals surface area contributed by atoms with Crippen LogP contribution >= 0.6 is 0 Å². The van der Waals surface area contributed by atoms with Gasteiger partial charge in [0.15, 0.2) is 0 Å². The van der Waals surface area contributed by atoms with E-state index in [1.807, 2.05) is 0 Å². The van der Waals surface area contributed by atoms with Crippen molar-refractivity contribution in [3.05, 3.63) is 30.1 Å². The fraction of sp³-hybridized carbons (Fsp3) is 0.533. The summed E-state index contributed by atoms with van der Waals surface area (Å²) in [5.74, 6) is 1.90. The van der Waals surface area contributed by atoms with Gasteiger partial charge >= 0.3 is 0 Å². The molecule has 3 heteroatoms. The van der Waals surface area contributed by atoms with Gasteiger partial charge in [-0.25, -0.2) is 4.98 Å². The highest BCUT2D eigenvalue weighted by molar-refractivity contribution is 5.76. The molecule has 1 aliphatic carbocycles.